The zero-order valence-corrected chi connectivity index (χ0v) is 20.2. The van der Waals surface area contributed by atoms with Crippen molar-refractivity contribution in [1.82, 2.24) is 20.4 Å². The van der Waals surface area contributed by atoms with E-state index in [2.05, 4.69) is 15.7 Å². The fourth-order valence-corrected chi connectivity index (χ4v) is 4.99. The number of nitrogens with zero attached hydrogens (tertiary/aromatic N) is 2. The third kappa shape index (κ3) is 5.54. The molecular weight excluding hydrogens is 505 g/mol. The first-order valence-corrected chi connectivity index (χ1v) is 11.7. The zero-order chi connectivity index (χ0) is 26.1. The Balaban J connectivity index is 1.28. The molecule has 0 aliphatic heterocycles. The van der Waals surface area contributed by atoms with Gasteiger partial charge in [-0.25, -0.2) is 17.9 Å². The zero-order valence-electron chi connectivity index (χ0n) is 19.4. The van der Waals surface area contributed by atoms with Crippen molar-refractivity contribution in [2.75, 3.05) is 13.2 Å². The predicted octanol–water partition coefficient (Wildman–Crippen LogP) is 2.66. The van der Waals surface area contributed by atoms with E-state index in [0.29, 0.717) is 25.7 Å². The highest BCUT2D eigenvalue weighted by molar-refractivity contribution is 6.30. The van der Waals surface area contributed by atoms with Gasteiger partial charge in [-0.15, -0.1) is 0 Å². The summed E-state index contributed by atoms with van der Waals surface area (Å²) >= 11 is 5.64. The number of hydrogen-bond donors (Lipinski definition) is 3. The lowest BCUT2D eigenvalue weighted by Crippen LogP contribution is -2.70. The molecule has 13 heteroatoms. The Morgan fingerprint density at radius 2 is 1.83 bits per heavy atom. The average molecular weight is 531 g/mol. The van der Waals surface area contributed by atoms with Crippen LogP contribution in [-0.2, 0) is 16.6 Å². The van der Waals surface area contributed by atoms with Crippen molar-refractivity contribution in [2.24, 2.45) is 7.05 Å². The number of carbonyl (C=O) groups excluding carboxylic acids is 2. The molecule has 0 spiro atoms. The van der Waals surface area contributed by atoms with Crippen LogP contribution >= 0.6 is 11.6 Å². The van der Waals surface area contributed by atoms with Crippen molar-refractivity contribution in [3.63, 3.8) is 0 Å². The molecule has 3 aliphatic rings. The largest absolute Gasteiger partial charge is 0.484 e. The number of benzene rings is 1. The van der Waals surface area contributed by atoms with Crippen LogP contribution in [0.4, 0.5) is 13.2 Å². The van der Waals surface area contributed by atoms with E-state index in [-0.39, 0.29) is 29.7 Å². The van der Waals surface area contributed by atoms with Crippen LogP contribution in [0.25, 0.3) is 0 Å². The van der Waals surface area contributed by atoms with Gasteiger partial charge in [0.25, 0.3) is 18.2 Å². The highest BCUT2D eigenvalue weighted by Gasteiger charge is 2.55. The predicted molar refractivity (Wildman–Crippen MR) is 121 cm³/mol. The smallest absolute Gasteiger partial charge is 0.282 e. The van der Waals surface area contributed by atoms with E-state index >= 15 is 0 Å². The van der Waals surface area contributed by atoms with Crippen LogP contribution in [0.2, 0.25) is 5.02 Å². The van der Waals surface area contributed by atoms with Crippen LogP contribution in [-0.4, -0.2) is 57.1 Å². The highest BCUT2D eigenvalue weighted by Crippen LogP contribution is 2.47. The first-order valence-electron chi connectivity index (χ1n) is 11.3. The van der Waals surface area contributed by atoms with E-state index in [1.54, 1.807) is 0 Å². The van der Waals surface area contributed by atoms with E-state index in [1.165, 1.54) is 19.2 Å². The summed E-state index contributed by atoms with van der Waals surface area (Å²) in [5, 5.41) is 20.2. The average Bonchev–Trinajstić information content (AvgIpc) is 3.20. The molecule has 1 heterocycles. The number of alkyl halides is 2. The number of nitrogens with one attached hydrogen (secondary N) is 2. The number of aromatic nitrogens is 2. The Labute approximate surface area is 209 Å². The topological polar surface area (TPSA) is 115 Å². The summed E-state index contributed by atoms with van der Waals surface area (Å²) in [5.41, 5.74) is -1.97. The molecule has 36 heavy (non-hydrogen) atoms. The molecule has 3 aliphatic carbocycles. The number of halogens is 4. The molecule has 2 aromatic rings. The first-order chi connectivity index (χ1) is 17.0. The molecule has 1 atom stereocenters. The minimum atomic E-state index is -2.76. The number of hydrogen-bond acceptors (Lipinski definition) is 6. The van der Waals surface area contributed by atoms with Crippen molar-refractivity contribution in [3.8, 4) is 11.6 Å². The van der Waals surface area contributed by atoms with Crippen molar-refractivity contribution in [1.29, 1.82) is 0 Å². The SMILES string of the molecule is Cn1nc(C(F)F)cc1OCC(=O)NC12CCC(NC(=O)COc3ccc(Cl)c(F)c3)(CC1)C[C@@H]2O. The Morgan fingerprint density at radius 3 is 2.44 bits per heavy atom. The van der Waals surface area contributed by atoms with E-state index in [0.717, 1.165) is 16.8 Å². The van der Waals surface area contributed by atoms with Gasteiger partial charge in [0.15, 0.2) is 13.2 Å². The van der Waals surface area contributed by atoms with Gasteiger partial charge >= 0.3 is 0 Å². The number of ether oxygens (including phenoxy) is 2. The second kappa shape index (κ2) is 10.2. The van der Waals surface area contributed by atoms with Gasteiger partial charge in [0.05, 0.1) is 16.7 Å². The van der Waals surface area contributed by atoms with Crippen molar-refractivity contribution >= 4 is 23.4 Å². The summed E-state index contributed by atoms with van der Waals surface area (Å²) in [5.74, 6) is -1.38. The summed E-state index contributed by atoms with van der Waals surface area (Å²) in [6, 6.07) is 4.94. The van der Waals surface area contributed by atoms with E-state index < -0.39 is 53.5 Å². The number of aliphatic hydroxyl groups excluding tert-OH is 1. The van der Waals surface area contributed by atoms with Crippen LogP contribution in [0, 0.1) is 5.82 Å². The van der Waals surface area contributed by atoms with Gasteiger partial charge in [-0.1, -0.05) is 11.6 Å². The molecule has 3 N–H and O–H groups in total. The molecule has 0 unspecified atom stereocenters. The lowest BCUT2D eigenvalue weighted by molar-refractivity contribution is -0.137. The lowest BCUT2D eigenvalue weighted by Gasteiger charge is -2.56. The van der Waals surface area contributed by atoms with E-state index in [4.69, 9.17) is 21.1 Å². The molecule has 3 saturated carbocycles. The van der Waals surface area contributed by atoms with Gasteiger partial charge in [0.1, 0.15) is 17.3 Å². The normalized spacial score (nSPS) is 25.0. The Kier molecular flexibility index (Phi) is 7.37. The van der Waals surface area contributed by atoms with Crippen LogP contribution < -0.4 is 20.1 Å². The van der Waals surface area contributed by atoms with Gasteiger partial charge in [-0.2, -0.15) is 5.10 Å². The summed E-state index contributed by atoms with van der Waals surface area (Å²) in [7, 11) is 1.43. The molecule has 0 saturated heterocycles. The molecule has 0 radical (unpaired) electrons. The number of amides is 2. The number of rotatable bonds is 9. The monoisotopic (exact) mass is 530 g/mol. The van der Waals surface area contributed by atoms with Crippen LogP contribution in [0.1, 0.15) is 44.2 Å². The number of aryl methyl sites for hydroxylation is 1. The van der Waals surface area contributed by atoms with Gasteiger partial charge < -0.3 is 25.2 Å². The van der Waals surface area contributed by atoms with E-state index in [9.17, 15) is 27.9 Å². The fraction of sp³-hybridized carbons (Fsp3) is 0.522. The number of fused-ring (bicyclic) bond motifs is 3. The molecule has 3 fully saturated rings. The molecular formula is C23H26ClF3N4O5. The third-order valence-corrected chi connectivity index (χ3v) is 7.11. The summed E-state index contributed by atoms with van der Waals surface area (Å²) < 4.78 is 50.9. The van der Waals surface area contributed by atoms with Gasteiger partial charge in [0.2, 0.25) is 5.88 Å². The molecule has 5 rings (SSSR count). The molecule has 1 aromatic heterocycles. The molecule has 1 aromatic carbocycles. The first kappa shape index (κ1) is 26.1. The second-order valence-corrected chi connectivity index (χ2v) is 9.64. The third-order valence-electron chi connectivity index (χ3n) is 6.81. The van der Waals surface area contributed by atoms with Gasteiger partial charge in [-0.05, 0) is 44.2 Å². The standard InChI is InChI=1S/C23H26ClF3N4O5/c1-31-20(9-16(30-31)21(26)27)36-12-19(34)29-23-6-4-22(5-7-23,10-17(23)32)28-18(33)11-35-13-2-3-14(24)15(25)8-13/h2-3,8-9,17,21,32H,4-7,10-12H2,1H3,(H,28,33)(H,29,34)/t17-,22?,23?/m0/s1. The van der Waals surface area contributed by atoms with Crippen molar-refractivity contribution in [3.05, 3.63) is 40.8 Å². The molecule has 9 nitrogen and oxygen atoms in total. The Morgan fingerprint density at radius 1 is 1.17 bits per heavy atom. The maximum absolute atomic E-state index is 13.5. The summed E-state index contributed by atoms with van der Waals surface area (Å²) in [4.78, 5) is 25.0. The van der Waals surface area contributed by atoms with Gasteiger partial charge in [0, 0.05) is 24.7 Å². The lowest BCUT2D eigenvalue weighted by atomic mass is 9.60. The molecule has 196 valence electrons. The van der Waals surface area contributed by atoms with Crippen molar-refractivity contribution in [2.45, 2.75) is 55.7 Å². The summed E-state index contributed by atoms with van der Waals surface area (Å²) in [6.07, 6.45) is -1.56. The quantitative estimate of drug-likeness (QED) is 0.459. The minimum absolute atomic E-state index is 0.0241. The van der Waals surface area contributed by atoms with Crippen molar-refractivity contribution < 1.29 is 37.3 Å². The van der Waals surface area contributed by atoms with Gasteiger partial charge in [-0.3, -0.25) is 9.59 Å². The highest BCUT2D eigenvalue weighted by atomic mass is 35.5. The number of carbonyl (C=O) groups is 2. The second-order valence-electron chi connectivity index (χ2n) is 9.24. The minimum Gasteiger partial charge on any atom is -0.484 e. The van der Waals surface area contributed by atoms with Crippen LogP contribution in [0.5, 0.6) is 11.6 Å². The van der Waals surface area contributed by atoms with Crippen LogP contribution in [0.15, 0.2) is 24.3 Å². The number of aliphatic hydroxyl groups is 1. The molecule has 2 amide bonds. The maximum atomic E-state index is 13.5. The molecule has 2 bridgehead atoms. The Hall–Kier alpha value is -2.99. The van der Waals surface area contributed by atoms with Crippen LogP contribution in [0.3, 0.4) is 0 Å². The van der Waals surface area contributed by atoms with E-state index in [1.807, 2.05) is 0 Å². The summed E-state index contributed by atoms with van der Waals surface area (Å²) in [6.45, 7) is -0.763. The maximum Gasteiger partial charge on any atom is 0.282 e. The fourth-order valence-electron chi connectivity index (χ4n) is 4.88. The Bertz CT molecular complexity index is 1140.